The quantitative estimate of drug-likeness (QED) is 0.543. The van der Waals surface area contributed by atoms with Crippen LogP contribution in [0.1, 0.15) is 24.8 Å². The Balaban J connectivity index is 2.40. The largest absolute Gasteiger partial charge is 0.507 e. The molecule has 0 heterocycles. The molecule has 0 radical (unpaired) electrons. The molecule has 1 aliphatic rings. The third-order valence-corrected chi connectivity index (χ3v) is 2.50. The molecule has 0 bridgehead atoms. The summed E-state index contributed by atoms with van der Waals surface area (Å²) in [5.74, 6) is 0.249. The summed E-state index contributed by atoms with van der Waals surface area (Å²) in [5, 5.41) is 9.85. The predicted octanol–water partition coefficient (Wildman–Crippen LogP) is 2.71. The van der Waals surface area contributed by atoms with Crippen LogP contribution >= 0.6 is 0 Å². The standard InChI is InChI=1S/C12H12O2/c13-11-8-4-7-10(11)12(14)9-5-2-1-3-6-9/h1-3,5-6,14H,4,7-8H2/b12-10+. The van der Waals surface area contributed by atoms with Crippen molar-refractivity contribution < 1.29 is 9.90 Å². The summed E-state index contributed by atoms with van der Waals surface area (Å²) in [7, 11) is 0. The van der Waals surface area contributed by atoms with Crippen LogP contribution < -0.4 is 0 Å². The highest BCUT2D eigenvalue weighted by molar-refractivity contribution is 6.03. The Morgan fingerprint density at radius 2 is 1.86 bits per heavy atom. The molecule has 1 N–H and O–H groups in total. The summed E-state index contributed by atoms with van der Waals surface area (Å²) >= 11 is 0. The van der Waals surface area contributed by atoms with Gasteiger partial charge in [-0.25, -0.2) is 0 Å². The van der Waals surface area contributed by atoms with Gasteiger partial charge in [0.2, 0.25) is 0 Å². The van der Waals surface area contributed by atoms with Gasteiger partial charge in [0.05, 0.1) is 0 Å². The molecule has 2 nitrogen and oxygen atoms in total. The van der Waals surface area contributed by atoms with Crippen LogP contribution in [0.2, 0.25) is 0 Å². The third-order valence-electron chi connectivity index (χ3n) is 2.50. The Hall–Kier alpha value is -1.57. The van der Waals surface area contributed by atoms with Crippen molar-refractivity contribution in [3.63, 3.8) is 0 Å². The summed E-state index contributed by atoms with van der Waals surface area (Å²) in [6.45, 7) is 0. The molecule has 1 fully saturated rings. The molecule has 1 aliphatic carbocycles. The first kappa shape index (κ1) is 9.00. The van der Waals surface area contributed by atoms with Gasteiger partial charge in [-0.05, 0) is 12.8 Å². The Kier molecular flexibility index (Phi) is 2.35. The van der Waals surface area contributed by atoms with Gasteiger partial charge in [-0.3, -0.25) is 4.79 Å². The van der Waals surface area contributed by atoms with Gasteiger partial charge >= 0.3 is 0 Å². The number of Topliss-reactive ketones (excluding diaryl/α,β-unsaturated/α-hetero) is 1. The lowest BCUT2D eigenvalue weighted by Crippen LogP contribution is -1.96. The van der Waals surface area contributed by atoms with Crippen LogP contribution in [0.3, 0.4) is 0 Å². The van der Waals surface area contributed by atoms with Gasteiger partial charge in [0, 0.05) is 17.6 Å². The van der Waals surface area contributed by atoms with Gasteiger partial charge < -0.3 is 5.11 Å². The minimum Gasteiger partial charge on any atom is -0.507 e. The van der Waals surface area contributed by atoms with Crippen molar-refractivity contribution in [2.24, 2.45) is 0 Å². The first-order chi connectivity index (χ1) is 6.79. The van der Waals surface area contributed by atoms with Gasteiger partial charge in [-0.1, -0.05) is 30.3 Å². The highest BCUT2D eigenvalue weighted by Crippen LogP contribution is 2.27. The zero-order valence-electron chi connectivity index (χ0n) is 7.86. The van der Waals surface area contributed by atoms with E-state index in [4.69, 9.17) is 0 Å². The van der Waals surface area contributed by atoms with E-state index in [1.807, 2.05) is 30.3 Å². The summed E-state index contributed by atoms with van der Waals surface area (Å²) in [4.78, 5) is 11.4. The van der Waals surface area contributed by atoms with Gasteiger partial charge in [-0.15, -0.1) is 0 Å². The minimum absolute atomic E-state index is 0.0892. The smallest absolute Gasteiger partial charge is 0.162 e. The Morgan fingerprint density at radius 1 is 1.14 bits per heavy atom. The molecule has 0 amide bonds. The van der Waals surface area contributed by atoms with Crippen LogP contribution in [-0.2, 0) is 4.79 Å². The number of carbonyl (C=O) groups excluding carboxylic acids is 1. The van der Waals surface area contributed by atoms with E-state index in [0.717, 1.165) is 12.0 Å². The number of benzene rings is 1. The van der Waals surface area contributed by atoms with E-state index in [9.17, 15) is 9.90 Å². The molecule has 0 spiro atoms. The van der Waals surface area contributed by atoms with E-state index in [1.165, 1.54) is 0 Å². The number of rotatable bonds is 1. The maximum Gasteiger partial charge on any atom is 0.162 e. The number of aliphatic hydroxyl groups excluding tert-OH is 1. The molecule has 1 saturated carbocycles. The number of aliphatic hydroxyl groups is 1. The zero-order valence-corrected chi connectivity index (χ0v) is 7.86. The van der Waals surface area contributed by atoms with E-state index >= 15 is 0 Å². The first-order valence-corrected chi connectivity index (χ1v) is 4.80. The maximum atomic E-state index is 11.4. The summed E-state index contributed by atoms with van der Waals surface area (Å²) in [6, 6.07) is 9.22. The van der Waals surface area contributed by atoms with Crippen LogP contribution in [0, 0.1) is 0 Å². The zero-order chi connectivity index (χ0) is 9.97. The van der Waals surface area contributed by atoms with Crippen molar-refractivity contribution in [3.8, 4) is 0 Å². The Bertz CT molecular complexity index is 377. The van der Waals surface area contributed by atoms with Gasteiger partial charge in [-0.2, -0.15) is 0 Å². The lowest BCUT2D eigenvalue weighted by Gasteiger charge is -2.02. The second-order valence-electron chi connectivity index (χ2n) is 3.47. The van der Waals surface area contributed by atoms with E-state index < -0.39 is 0 Å². The number of ketones is 1. The first-order valence-electron chi connectivity index (χ1n) is 4.80. The summed E-state index contributed by atoms with van der Waals surface area (Å²) in [6.07, 6.45) is 2.15. The topological polar surface area (TPSA) is 37.3 Å². The lowest BCUT2D eigenvalue weighted by molar-refractivity contribution is -0.114. The van der Waals surface area contributed by atoms with Crippen LogP contribution in [0.4, 0.5) is 0 Å². The highest BCUT2D eigenvalue weighted by atomic mass is 16.3. The average Bonchev–Trinajstić information content (AvgIpc) is 2.65. The van der Waals surface area contributed by atoms with E-state index in [2.05, 4.69) is 0 Å². The SMILES string of the molecule is O=C1CCC/C1=C(\O)c1ccccc1. The molecular formula is C12H12O2. The molecule has 0 unspecified atom stereocenters. The molecule has 14 heavy (non-hydrogen) atoms. The fraction of sp³-hybridized carbons (Fsp3) is 0.250. The molecule has 0 atom stereocenters. The number of hydrogen-bond donors (Lipinski definition) is 1. The van der Waals surface area contributed by atoms with E-state index in [1.54, 1.807) is 0 Å². The molecular weight excluding hydrogens is 176 g/mol. The van der Waals surface area contributed by atoms with Gasteiger partial charge in [0.15, 0.2) is 5.78 Å². The number of carbonyl (C=O) groups is 1. The lowest BCUT2D eigenvalue weighted by atomic mass is 10.1. The normalized spacial score (nSPS) is 19.9. The van der Waals surface area contributed by atoms with Crippen LogP contribution in [0.25, 0.3) is 5.76 Å². The predicted molar refractivity (Wildman–Crippen MR) is 54.8 cm³/mol. The second-order valence-corrected chi connectivity index (χ2v) is 3.47. The van der Waals surface area contributed by atoms with Crippen molar-refractivity contribution in [1.29, 1.82) is 0 Å². The fourth-order valence-electron chi connectivity index (χ4n) is 1.74. The molecule has 1 aromatic rings. The van der Waals surface area contributed by atoms with E-state index in [-0.39, 0.29) is 11.5 Å². The van der Waals surface area contributed by atoms with Crippen LogP contribution in [0.5, 0.6) is 0 Å². The Labute approximate surface area is 82.9 Å². The maximum absolute atomic E-state index is 11.4. The molecule has 2 heteroatoms. The van der Waals surface area contributed by atoms with Crippen molar-refractivity contribution in [2.45, 2.75) is 19.3 Å². The molecule has 2 rings (SSSR count). The fourth-order valence-corrected chi connectivity index (χ4v) is 1.74. The minimum atomic E-state index is 0.0892. The van der Waals surface area contributed by atoms with Crippen molar-refractivity contribution >= 4 is 11.5 Å². The monoisotopic (exact) mass is 188 g/mol. The highest BCUT2D eigenvalue weighted by Gasteiger charge is 2.21. The summed E-state index contributed by atoms with van der Waals surface area (Å²) in [5.41, 5.74) is 1.33. The van der Waals surface area contributed by atoms with Gasteiger partial charge in [0.1, 0.15) is 5.76 Å². The molecule has 1 aromatic carbocycles. The van der Waals surface area contributed by atoms with Crippen molar-refractivity contribution in [3.05, 3.63) is 41.5 Å². The number of allylic oxidation sites excluding steroid dienone is 1. The van der Waals surface area contributed by atoms with Crippen molar-refractivity contribution in [1.82, 2.24) is 0 Å². The van der Waals surface area contributed by atoms with Crippen LogP contribution in [-0.4, -0.2) is 10.9 Å². The molecule has 72 valence electrons. The molecule has 0 saturated heterocycles. The van der Waals surface area contributed by atoms with Crippen LogP contribution in [0.15, 0.2) is 35.9 Å². The molecule has 0 aromatic heterocycles. The summed E-state index contributed by atoms with van der Waals surface area (Å²) < 4.78 is 0. The number of hydrogen-bond acceptors (Lipinski definition) is 2. The van der Waals surface area contributed by atoms with Crippen molar-refractivity contribution in [2.75, 3.05) is 0 Å². The van der Waals surface area contributed by atoms with E-state index in [0.29, 0.717) is 18.4 Å². The van der Waals surface area contributed by atoms with Gasteiger partial charge in [0.25, 0.3) is 0 Å². The Morgan fingerprint density at radius 3 is 2.43 bits per heavy atom. The third kappa shape index (κ3) is 1.55. The second kappa shape index (κ2) is 3.66. The molecule has 0 aliphatic heterocycles. The average molecular weight is 188 g/mol.